The molecule has 2 saturated heterocycles. The fraction of sp³-hybridized carbons (Fsp3) is 0.275. The minimum Gasteiger partial charge on any atom is -0.508 e. The second kappa shape index (κ2) is 13.8. The Bertz CT molecular complexity index is 1970. The van der Waals surface area contributed by atoms with Crippen molar-refractivity contribution >= 4 is 34.6 Å². The zero-order valence-corrected chi connectivity index (χ0v) is 27.9. The SMILES string of the molecule is CCC(=C(c1ccc(O)cc1)c1ccc(N2CCN(Cc3cc(F)c4c(c3)CN(C3CCC(=O)NC3=O)C4=O)CC2)cc1)c1ccc(O)cc1. The Hall–Kier alpha value is -5.48. The van der Waals surface area contributed by atoms with E-state index in [-0.39, 0.29) is 42.4 Å². The number of phenolic OH excluding ortho intramolecular Hbond substituents is 2. The Morgan fingerprint density at radius 2 is 1.42 bits per heavy atom. The van der Waals surface area contributed by atoms with Crippen molar-refractivity contribution in [3.63, 3.8) is 0 Å². The van der Waals surface area contributed by atoms with E-state index in [9.17, 15) is 24.6 Å². The maximum atomic E-state index is 15.3. The van der Waals surface area contributed by atoms with Crippen LogP contribution in [0, 0.1) is 5.82 Å². The predicted octanol–water partition coefficient (Wildman–Crippen LogP) is 5.69. The summed E-state index contributed by atoms with van der Waals surface area (Å²) in [7, 11) is 0. The summed E-state index contributed by atoms with van der Waals surface area (Å²) < 4.78 is 15.3. The summed E-state index contributed by atoms with van der Waals surface area (Å²) in [4.78, 5) is 43.0. The summed E-state index contributed by atoms with van der Waals surface area (Å²) in [5.74, 6) is -1.52. The maximum absolute atomic E-state index is 15.3. The molecule has 4 aromatic carbocycles. The van der Waals surface area contributed by atoms with Gasteiger partial charge in [0, 0.05) is 51.4 Å². The van der Waals surface area contributed by atoms with Crippen molar-refractivity contribution in [2.75, 3.05) is 31.1 Å². The van der Waals surface area contributed by atoms with E-state index < -0.39 is 23.7 Å². The molecule has 256 valence electrons. The number of amides is 3. The third kappa shape index (κ3) is 6.58. The normalized spacial score (nSPS) is 18.6. The number of allylic oxidation sites excluding steroid dienone is 1. The average Bonchev–Trinajstić information content (AvgIpc) is 3.44. The van der Waals surface area contributed by atoms with Gasteiger partial charge >= 0.3 is 0 Å². The van der Waals surface area contributed by atoms with Crippen LogP contribution in [0.15, 0.2) is 84.9 Å². The van der Waals surface area contributed by atoms with Gasteiger partial charge in [-0.3, -0.25) is 24.6 Å². The van der Waals surface area contributed by atoms with E-state index >= 15 is 4.39 Å². The number of anilines is 1. The Kier molecular flexibility index (Phi) is 9.12. The molecule has 7 rings (SSSR count). The van der Waals surface area contributed by atoms with Crippen LogP contribution >= 0.6 is 0 Å². The molecule has 3 aliphatic rings. The molecule has 0 radical (unpaired) electrons. The topological polar surface area (TPSA) is 113 Å². The molecule has 0 bridgehead atoms. The van der Waals surface area contributed by atoms with Crippen LogP contribution in [0.2, 0.25) is 0 Å². The molecule has 0 saturated carbocycles. The molecule has 0 aliphatic carbocycles. The van der Waals surface area contributed by atoms with Gasteiger partial charge in [-0.15, -0.1) is 0 Å². The van der Waals surface area contributed by atoms with Gasteiger partial charge in [0.25, 0.3) is 5.91 Å². The number of halogens is 1. The average molecular weight is 675 g/mol. The molecule has 10 heteroatoms. The van der Waals surface area contributed by atoms with E-state index in [0.717, 1.165) is 71.7 Å². The third-order valence-electron chi connectivity index (χ3n) is 9.96. The number of hydrogen-bond donors (Lipinski definition) is 3. The van der Waals surface area contributed by atoms with Crippen LogP contribution < -0.4 is 10.2 Å². The van der Waals surface area contributed by atoms with E-state index in [0.29, 0.717) is 12.1 Å². The second-order valence-corrected chi connectivity index (χ2v) is 13.1. The Labute approximate surface area is 290 Å². The van der Waals surface area contributed by atoms with Gasteiger partial charge in [0.05, 0.1) is 5.56 Å². The second-order valence-electron chi connectivity index (χ2n) is 13.1. The standard InChI is InChI=1S/C40H39FN4O5/c1-2-33(26-5-11-31(46)12-6-26)37(28-7-13-32(47)14-8-28)27-3-9-30(10-4-27)44-19-17-43(18-20-44)23-25-21-29-24-45(40(50)38(29)34(41)22-25)35-15-16-36(48)42-39(35)49/h3-14,21-22,35,46-47H,2,15-20,23-24H2,1H3,(H,42,48,49). The molecular formula is C40H39FN4O5. The van der Waals surface area contributed by atoms with Crippen LogP contribution in [0.4, 0.5) is 10.1 Å². The molecular weight excluding hydrogens is 635 g/mol. The molecule has 50 heavy (non-hydrogen) atoms. The van der Waals surface area contributed by atoms with Gasteiger partial charge in [0.1, 0.15) is 23.4 Å². The van der Waals surface area contributed by atoms with E-state index in [4.69, 9.17) is 0 Å². The molecule has 3 N–H and O–H groups in total. The predicted molar refractivity (Wildman–Crippen MR) is 189 cm³/mol. The van der Waals surface area contributed by atoms with E-state index in [2.05, 4.69) is 46.3 Å². The van der Waals surface area contributed by atoms with Crippen LogP contribution in [-0.4, -0.2) is 70.0 Å². The van der Waals surface area contributed by atoms with Crippen molar-refractivity contribution < 1.29 is 29.0 Å². The Morgan fingerprint density at radius 3 is 2.02 bits per heavy atom. The minimum absolute atomic E-state index is 0.0178. The molecule has 3 amide bonds. The summed E-state index contributed by atoms with van der Waals surface area (Å²) in [6, 6.07) is 25.5. The van der Waals surface area contributed by atoms with Gasteiger partial charge in [-0.1, -0.05) is 49.4 Å². The summed E-state index contributed by atoms with van der Waals surface area (Å²) in [5, 5.41) is 22.1. The maximum Gasteiger partial charge on any atom is 0.258 e. The summed E-state index contributed by atoms with van der Waals surface area (Å²) >= 11 is 0. The molecule has 2 fully saturated rings. The van der Waals surface area contributed by atoms with Crippen molar-refractivity contribution in [3.05, 3.63) is 124 Å². The first-order valence-corrected chi connectivity index (χ1v) is 17.0. The summed E-state index contributed by atoms with van der Waals surface area (Å²) in [6.45, 7) is 5.95. The number of hydrogen-bond acceptors (Lipinski definition) is 7. The highest BCUT2D eigenvalue weighted by atomic mass is 19.1. The van der Waals surface area contributed by atoms with Crippen molar-refractivity contribution in [1.29, 1.82) is 0 Å². The lowest BCUT2D eigenvalue weighted by Crippen LogP contribution is -2.52. The smallest absolute Gasteiger partial charge is 0.258 e. The highest BCUT2D eigenvalue weighted by Crippen LogP contribution is 2.37. The quantitative estimate of drug-likeness (QED) is 0.163. The first-order chi connectivity index (χ1) is 24.2. The largest absolute Gasteiger partial charge is 0.508 e. The molecule has 3 aliphatic heterocycles. The van der Waals surface area contributed by atoms with Crippen molar-refractivity contribution in [2.45, 2.75) is 45.3 Å². The molecule has 4 aromatic rings. The van der Waals surface area contributed by atoms with Crippen LogP contribution in [0.5, 0.6) is 11.5 Å². The fourth-order valence-electron chi connectivity index (χ4n) is 7.40. The summed E-state index contributed by atoms with van der Waals surface area (Å²) in [6.07, 6.45) is 1.16. The lowest BCUT2D eigenvalue weighted by atomic mass is 9.88. The van der Waals surface area contributed by atoms with Gasteiger partial charge in [-0.2, -0.15) is 0 Å². The molecule has 3 heterocycles. The van der Waals surface area contributed by atoms with Crippen LogP contribution in [0.1, 0.15) is 64.4 Å². The monoisotopic (exact) mass is 674 g/mol. The van der Waals surface area contributed by atoms with Crippen molar-refractivity contribution in [1.82, 2.24) is 15.1 Å². The number of piperazine rings is 1. The number of carbonyl (C=O) groups excluding carboxylic acids is 3. The number of carbonyl (C=O) groups is 3. The third-order valence-corrected chi connectivity index (χ3v) is 9.96. The molecule has 9 nitrogen and oxygen atoms in total. The molecule has 0 aromatic heterocycles. The number of imide groups is 1. The van der Waals surface area contributed by atoms with Crippen LogP contribution in [0.25, 0.3) is 11.1 Å². The zero-order chi connectivity index (χ0) is 34.9. The Balaban J connectivity index is 1.03. The van der Waals surface area contributed by atoms with Gasteiger partial charge in [0.15, 0.2) is 0 Å². The van der Waals surface area contributed by atoms with Gasteiger partial charge in [-0.25, -0.2) is 4.39 Å². The minimum atomic E-state index is -0.777. The van der Waals surface area contributed by atoms with Gasteiger partial charge in [-0.05, 0) is 94.3 Å². The first kappa shape index (κ1) is 33.0. The Morgan fingerprint density at radius 1 is 0.820 bits per heavy atom. The van der Waals surface area contributed by atoms with Crippen molar-refractivity contribution in [2.24, 2.45) is 0 Å². The van der Waals surface area contributed by atoms with E-state index in [1.165, 1.54) is 11.0 Å². The number of rotatable bonds is 8. The first-order valence-electron chi connectivity index (χ1n) is 17.0. The van der Waals surface area contributed by atoms with Gasteiger partial charge < -0.3 is 20.0 Å². The molecule has 0 spiro atoms. The number of nitrogens with zero attached hydrogens (tertiary/aromatic N) is 3. The molecule has 1 unspecified atom stereocenters. The lowest BCUT2D eigenvalue weighted by Gasteiger charge is -2.36. The molecule has 1 atom stereocenters. The van der Waals surface area contributed by atoms with E-state index in [1.807, 2.05) is 30.3 Å². The number of piperidine rings is 1. The number of phenols is 2. The number of nitrogens with one attached hydrogen (secondary N) is 1. The fourth-order valence-corrected chi connectivity index (χ4v) is 7.40. The number of benzene rings is 4. The zero-order valence-electron chi connectivity index (χ0n) is 27.9. The van der Waals surface area contributed by atoms with Crippen LogP contribution in [0.3, 0.4) is 0 Å². The summed E-state index contributed by atoms with van der Waals surface area (Å²) in [5.41, 5.74) is 7.75. The number of fused-ring (bicyclic) bond motifs is 1. The highest BCUT2D eigenvalue weighted by Gasteiger charge is 2.40. The van der Waals surface area contributed by atoms with Crippen molar-refractivity contribution in [3.8, 4) is 11.5 Å². The van der Waals surface area contributed by atoms with Crippen LogP contribution in [-0.2, 0) is 22.7 Å². The number of aromatic hydroxyl groups is 2. The highest BCUT2D eigenvalue weighted by molar-refractivity contribution is 6.05. The van der Waals surface area contributed by atoms with E-state index in [1.54, 1.807) is 24.3 Å². The lowest BCUT2D eigenvalue weighted by molar-refractivity contribution is -0.136. The van der Waals surface area contributed by atoms with Gasteiger partial charge in [0.2, 0.25) is 11.8 Å².